The fourth-order valence-electron chi connectivity index (χ4n) is 14.2. The van der Waals surface area contributed by atoms with E-state index in [2.05, 4.69) is 103 Å². The molecule has 0 saturated heterocycles. The zero-order valence-corrected chi connectivity index (χ0v) is 33.3. The molecule has 0 amide bonds. The van der Waals surface area contributed by atoms with Gasteiger partial charge in [0.2, 0.25) is 0 Å². The third kappa shape index (κ3) is 5.87. The average molecular weight is 755 g/mol. The molecule has 0 radical (unpaired) electrons. The lowest BCUT2D eigenvalue weighted by Crippen LogP contribution is -2.48. The molecular formula is C54H50N4. The number of aromatic nitrogens is 3. The highest BCUT2D eigenvalue weighted by molar-refractivity contribution is 5.86. The van der Waals surface area contributed by atoms with E-state index in [1.165, 1.54) is 88.2 Å². The highest BCUT2D eigenvalue weighted by atomic mass is 15.0. The Balaban J connectivity index is 0.951. The minimum Gasteiger partial charge on any atom is -0.208 e. The highest BCUT2D eigenvalue weighted by Gasteiger charge is 2.52. The second-order valence-electron chi connectivity index (χ2n) is 19.7. The summed E-state index contributed by atoms with van der Waals surface area (Å²) in [6, 6.07) is 46.0. The number of benzene rings is 5. The van der Waals surface area contributed by atoms with Gasteiger partial charge in [-0.25, -0.2) is 15.0 Å². The lowest BCUT2D eigenvalue weighted by Gasteiger charge is -2.57. The summed E-state index contributed by atoms with van der Waals surface area (Å²) in [5.74, 6) is 7.61. The largest absolute Gasteiger partial charge is 0.208 e. The topological polar surface area (TPSA) is 62.5 Å². The van der Waals surface area contributed by atoms with Gasteiger partial charge in [-0.15, -0.1) is 0 Å². The van der Waals surface area contributed by atoms with E-state index in [0.29, 0.717) is 22.2 Å². The number of hydrogen-bond donors (Lipinski definition) is 0. The van der Waals surface area contributed by atoms with Crippen molar-refractivity contribution in [2.24, 2.45) is 35.5 Å². The Bertz CT molecular complexity index is 2390. The number of nitrogens with zero attached hydrogens (tertiary/aromatic N) is 4. The second kappa shape index (κ2) is 13.3. The maximum atomic E-state index is 9.47. The molecule has 0 spiro atoms. The SMILES string of the molecule is N#Cc1ccc(-c2ccc(-c3nc(-c4ccc(C56CC7C[C@H](C5)C[C@@H](C7)C6)cc4)nc(-c4ccc(C56C[C@H]7C[C@@H](C5)C[C@@H](C6)C7)cc4)n3)cc2-c2ccccc2)cc1. The Kier molecular flexibility index (Phi) is 7.95. The van der Waals surface area contributed by atoms with Crippen LogP contribution < -0.4 is 0 Å². The standard InChI is InChI=1S/C54H50N4/c55-33-34-6-8-42(9-7-34)48-19-14-45(26-49(48)41-4-2-1-3-5-41)52-57-50(43-10-15-46(16-11-43)53-27-35-20-36(28-53)22-37(21-35)29-53)56-51(58-52)44-12-17-47(18-13-44)54-30-38-23-39(31-54)25-40(24-38)32-54/h1-19,26,35-40H,20-25,27-32H2/t35-,36+,37-,38-,39+,40?,53?,54?. The molecule has 8 aliphatic rings. The molecule has 0 unspecified atom stereocenters. The summed E-state index contributed by atoms with van der Waals surface area (Å²) in [4.78, 5) is 15.8. The molecule has 8 saturated carbocycles. The Morgan fingerprint density at radius 3 is 1.21 bits per heavy atom. The molecule has 5 aromatic carbocycles. The molecule has 1 heterocycles. The van der Waals surface area contributed by atoms with Gasteiger partial charge in [-0.05, 0) is 175 Å². The number of hydrogen-bond acceptors (Lipinski definition) is 4. The van der Waals surface area contributed by atoms with Crippen LogP contribution in [0.5, 0.6) is 0 Å². The van der Waals surface area contributed by atoms with E-state index in [0.717, 1.165) is 86.1 Å². The van der Waals surface area contributed by atoms with Gasteiger partial charge in [0.15, 0.2) is 17.5 Å². The van der Waals surface area contributed by atoms with Crippen LogP contribution in [0.4, 0.5) is 0 Å². The van der Waals surface area contributed by atoms with Crippen LogP contribution in [0.25, 0.3) is 56.4 Å². The third-order valence-corrected chi connectivity index (χ3v) is 15.9. The summed E-state index contributed by atoms with van der Waals surface area (Å²) in [7, 11) is 0. The van der Waals surface area contributed by atoms with Crippen LogP contribution in [0, 0.1) is 46.8 Å². The van der Waals surface area contributed by atoms with Crippen LogP contribution in [-0.2, 0) is 10.8 Å². The van der Waals surface area contributed by atoms with Gasteiger partial charge in [-0.2, -0.15) is 5.26 Å². The fourth-order valence-corrected chi connectivity index (χ4v) is 14.2. The monoisotopic (exact) mass is 754 g/mol. The number of rotatable bonds is 7. The van der Waals surface area contributed by atoms with E-state index in [-0.39, 0.29) is 0 Å². The predicted octanol–water partition coefficient (Wildman–Crippen LogP) is 13.0. The van der Waals surface area contributed by atoms with Crippen molar-refractivity contribution in [1.82, 2.24) is 15.0 Å². The van der Waals surface area contributed by atoms with E-state index in [1.807, 2.05) is 24.3 Å². The smallest absolute Gasteiger partial charge is 0.164 e. The van der Waals surface area contributed by atoms with E-state index in [1.54, 1.807) is 0 Å². The van der Waals surface area contributed by atoms with Crippen LogP contribution in [0.2, 0.25) is 0 Å². The zero-order chi connectivity index (χ0) is 38.4. The first-order valence-corrected chi connectivity index (χ1v) is 22.1. The molecule has 8 fully saturated rings. The van der Waals surface area contributed by atoms with Crippen LogP contribution in [0.3, 0.4) is 0 Å². The molecular weight excluding hydrogens is 705 g/mol. The lowest BCUT2D eigenvalue weighted by molar-refractivity contribution is -0.00530. The molecule has 8 aliphatic carbocycles. The average Bonchev–Trinajstić information content (AvgIpc) is 3.26. The molecule has 4 heteroatoms. The minimum absolute atomic E-state index is 0.353. The van der Waals surface area contributed by atoms with Crippen molar-refractivity contribution in [2.45, 2.75) is 87.9 Å². The molecule has 0 N–H and O–H groups in total. The normalized spacial score (nSPS) is 30.1. The van der Waals surface area contributed by atoms with Crippen molar-refractivity contribution in [3.8, 4) is 62.5 Å². The van der Waals surface area contributed by atoms with E-state index < -0.39 is 0 Å². The van der Waals surface area contributed by atoms with Gasteiger partial charge < -0.3 is 0 Å². The van der Waals surface area contributed by atoms with Gasteiger partial charge in [0.25, 0.3) is 0 Å². The van der Waals surface area contributed by atoms with Gasteiger partial charge in [-0.1, -0.05) is 103 Å². The van der Waals surface area contributed by atoms with Gasteiger partial charge in [-0.3, -0.25) is 0 Å². The summed E-state index contributed by atoms with van der Waals surface area (Å²) in [5.41, 5.74) is 11.9. The quantitative estimate of drug-likeness (QED) is 0.163. The van der Waals surface area contributed by atoms with Crippen LogP contribution >= 0.6 is 0 Å². The van der Waals surface area contributed by atoms with Gasteiger partial charge in [0.1, 0.15) is 0 Å². The number of nitriles is 1. The third-order valence-electron chi connectivity index (χ3n) is 15.9. The van der Waals surface area contributed by atoms with Gasteiger partial charge in [0.05, 0.1) is 11.6 Å². The van der Waals surface area contributed by atoms with Crippen molar-refractivity contribution in [1.29, 1.82) is 5.26 Å². The maximum Gasteiger partial charge on any atom is 0.164 e. The predicted molar refractivity (Wildman–Crippen MR) is 231 cm³/mol. The Labute approximate surface area is 342 Å². The molecule has 6 aromatic rings. The van der Waals surface area contributed by atoms with Crippen molar-refractivity contribution >= 4 is 0 Å². The summed E-state index contributed by atoms with van der Waals surface area (Å²) >= 11 is 0. The molecule has 14 rings (SSSR count). The Morgan fingerprint density at radius 1 is 0.397 bits per heavy atom. The van der Waals surface area contributed by atoms with Crippen LogP contribution in [-0.4, -0.2) is 15.0 Å². The van der Waals surface area contributed by atoms with Crippen molar-refractivity contribution < 1.29 is 0 Å². The summed E-state index contributed by atoms with van der Waals surface area (Å²) in [5, 5.41) is 9.47. The fraction of sp³-hybridized carbons (Fsp3) is 0.370. The Morgan fingerprint density at radius 2 is 0.776 bits per heavy atom. The second-order valence-corrected chi connectivity index (χ2v) is 19.7. The summed E-state index contributed by atoms with van der Waals surface area (Å²) < 4.78 is 0. The first-order chi connectivity index (χ1) is 28.5. The lowest BCUT2D eigenvalue weighted by atomic mass is 9.48. The molecule has 4 nitrogen and oxygen atoms in total. The van der Waals surface area contributed by atoms with Gasteiger partial charge in [0, 0.05) is 16.7 Å². The van der Waals surface area contributed by atoms with Crippen molar-refractivity contribution in [3.05, 3.63) is 138 Å². The Hall–Kier alpha value is -5.40. The van der Waals surface area contributed by atoms with E-state index >= 15 is 0 Å². The molecule has 286 valence electrons. The summed E-state index contributed by atoms with van der Waals surface area (Å²) in [6.07, 6.45) is 16.9. The van der Waals surface area contributed by atoms with Crippen LogP contribution in [0.15, 0.2) is 121 Å². The molecule has 0 aliphatic heterocycles. The molecule has 1 aromatic heterocycles. The first kappa shape index (κ1) is 34.6. The highest BCUT2D eigenvalue weighted by Crippen LogP contribution is 2.62. The molecule has 0 atom stereocenters. The molecule has 58 heavy (non-hydrogen) atoms. The van der Waals surface area contributed by atoms with E-state index in [4.69, 9.17) is 15.0 Å². The summed E-state index contributed by atoms with van der Waals surface area (Å²) in [6.45, 7) is 0. The molecule has 8 bridgehead atoms. The van der Waals surface area contributed by atoms with Crippen molar-refractivity contribution in [3.63, 3.8) is 0 Å². The van der Waals surface area contributed by atoms with E-state index in [9.17, 15) is 5.26 Å². The maximum absolute atomic E-state index is 9.47. The van der Waals surface area contributed by atoms with Gasteiger partial charge >= 0.3 is 0 Å². The zero-order valence-electron chi connectivity index (χ0n) is 33.3. The first-order valence-electron chi connectivity index (χ1n) is 22.1. The van der Waals surface area contributed by atoms with Crippen molar-refractivity contribution in [2.75, 3.05) is 0 Å². The minimum atomic E-state index is 0.353. The van der Waals surface area contributed by atoms with Crippen LogP contribution in [0.1, 0.15) is 93.7 Å².